The minimum Gasteiger partial charge on any atom is -0.497 e. The van der Waals surface area contributed by atoms with Gasteiger partial charge in [0, 0.05) is 21.3 Å². The van der Waals surface area contributed by atoms with Gasteiger partial charge in [0.1, 0.15) is 11.6 Å². The standard InChI is InChI=1S/C21H16BrN3O2/c1-27-17-9-4-13(5-10-17)20-24-18-11-8-16(12-19(18)25-20)23-21(26)14-2-6-15(22)7-3-14/h2-12H,1H3,(H,23,26)(H,24,25). The third kappa shape index (κ3) is 3.71. The van der Waals surface area contributed by atoms with Crippen LogP contribution in [0.4, 0.5) is 5.69 Å². The highest BCUT2D eigenvalue weighted by Crippen LogP contribution is 2.25. The zero-order chi connectivity index (χ0) is 18.8. The summed E-state index contributed by atoms with van der Waals surface area (Å²) in [6.07, 6.45) is 0. The van der Waals surface area contributed by atoms with Crippen LogP contribution in [-0.2, 0) is 0 Å². The van der Waals surface area contributed by atoms with Gasteiger partial charge in [-0.25, -0.2) is 4.98 Å². The van der Waals surface area contributed by atoms with Crippen LogP contribution in [0.3, 0.4) is 0 Å². The SMILES string of the molecule is COc1ccc(-c2nc3ccc(NC(=O)c4ccc(Br)cc4)cc3[nH]2)cc1. The third-order valence-electron chi connectivity index (χ3n) is 4.21. The van der Waals surface area contributed by atoms with Crippen molar-refractivity contribution in [2.75, 3.05) is 12.4 Å². The largest absolute Gasteiger partial charge is 0.497 e. The van der Waals surface area contributed by atoms with E-state index < -0.39 is 0 Å². The van der Waals surface area contributed by atoms with E-state index in [1.54, 1.807) is 19.2 Å². The van der Waals surface area contributed by atoms with Gasteiger partial charge in [0.25, 0.3) is 5.91 Å². The van der Waals surface area contributed by atoms with E-state index in [1.807, 2.05) is 54.6 Å². The number of halogens is 1. The number of nitrogens with one attached hydrogen (secondary N) is 2. The topological polar surface area (TPSA) is 67.0 Å². The average Bonchev–Trinajstić information content (AvgIpc) is 3.12. The molecule has 0 aliphatic rings. The Morgan fingerprint density at radius 3 is 2.48 bits per heavy atom. The van der Waals surface area contributed by atoms with Crippen molar-refractivity contribution >= 4 is 38.6 Å². The number of ether oxygens (including phenoxy) is 1. The molecule has 0 fully saturated rings. The first-order chi connectivity index (χ1) is 13.1. The van der Waals surface area contributed by atoms with Crippen molar-refractivity contribution in [3.05, 3.63) is 76.8 Å². The molecule has 6 heteroatoms. The van der Waals surface area contributed by atoms with Gasteiger partial charge in [0.05, 0.1) is 18.1 Å². The number of aromatic nitrogens is 2. The number of anilines is 1. The Hall–Kier alpha value is -3.12. The van der Waals surface area contributed by atoms with Crippen LogP contribution in [0.2, 0.25) is 0 Å². The molecule has 0 atom stereocenters. The number of methoxy groups -OCH3 is 1. The molecule has 4 rings (SSSR count). The van der Waals surface area contributed by atoms with Crippen molar-refractivity contribution in [3.63, 3.8) is 0 Å². The highest BCUT2D eigenvalue weighted by atomic mass is 79.9. The average molecular weight is 422 g/mol. The number of nitrogens with zero attached hydrogens (tertiary/aromatic N) is 1. The predicted molar refractivity (Wildman–Crippen MR) is 110 cm³/mol. The summed E-state index contributed by atoms with van der Waals surface area (Å²) in [5.74, 6) is 1.41. The molecule has 1 aromatic heterocycles. The van der Waals surface area contributed by atoms with Crippen molar-refractivity contribution in [3.8, 4) is 17.1 Å². The summed E-state index contributed by atoms with van der Waals surface area (Å²) >= 11 is 3.37. The van der Waals surface area contributed by atoms with Crippen LogP contribution >= 0.6 is 15.9 Å². The lowest BCUT2D eigenvalue weighted by Gasteiger charge is -2.05. The molecule has 2 N–H and O–H groups in total. The normalized spacial score (nSPS) is 10.7. The second-order valence-electron chi connectivity index (χ2n) is 6.01. The predicted octanol–water partition coefficient (Wildman–Crippen LogP) is 5.25. The number of hydrogen-bond donors (Lipinski definition) is 2. The lowest BCUT2D eigenvalue weighted by Crippen LogP contribution is -2.11. The Balaban J connectivity index is 1.58. The van der Waals surface area contributed by atoms with Crippen LogP contribution in [0, 0.1) is 0 Å². The maximum absolute atomic E-state index is 12.4. The van der Waals surface area contributed by atoms with Gasteiger partial charge < -0.3 is 15.0 Å². The van der Waals surface area contributed by atoms with Crippen LogP contribution in [0.5, 0.6) is 5.75 Å². The summed E-state index contributed by atoms with van der Waals surface area (Å²) in [6.45, 7) is 0. The molecule has 0 unspecified atom stereocenters. The summed E-state index contributed by atoms with van der Waals surface area (Å²) in [4.78, 5) is 20.3. The highest BCUT2D eigenvalue weighted by molar-refractivity contribution is 9.10. The van der Waals surface area contributed by atoms with E-state index in [-0.39, 0.29) is 5.91 Å². The van der Waals surface area contributed by atoms with Gasteiger partial charge in [0.2, 0.25) is 0 Å². The van der Waals surface area contributed by atoms with Gasteiger partial charge >= 0.3 is 0 Å². The molecule has 0 saturated heterocycles. The molecule has 0 bridgehead atoms. The first-order valence-corrected chi connectivity index (χ1v) is 9.13. The van der Waals surface area contributed by atoms with Crippen molar-refractivity contribution < 1.29 is 9.53 Å². The number of fused-ring (bicyclic) bond motifs is 1. The monoisotopic (exact) mass is 421 g/mol. The van der Waals surface area contributed by atoms with E-state index in [0.29, 0.717) is 11.3 Å². The maximum Gasteiger partial charge on any atom is 0.255 e. The molecule has 5 nitrogen and oxygen atoms in total. The zero-order valence-corrected chi connectivity index (χ0v) is 16.1. The second kappa shape index (κ2) is 7.25. The van der Waals surface area contributed by atoms with Crippen LogP contribution in [0.15, 0.2) is 71.2 Å². The quantitative estimate of drug-likeness (QED) is 0.472. The Morgan fingerprint density at radius 1 is 1.04 bits per heavy atom. The molecule has 134 valence electrons. The Morgan fingerprint density at radius 2 is 1.78 bits per heavy atom. The smallest absolute Gasteiger partial charge is 0.255 e. The van der Waals surface area contributed by atoms with Crippen molar-refractivity contribution in [2.24, 2.45) is 0 Å². The number of rotatable bonds is 4. The fourth-order valence-corrected chi connectivity index (χ4v) is 3.04. The van der Waals surface area contributed by atoms with Crippen LogP contribution < -0.4 is 10.1 Å². The van der Waals surface area contributed by atoms with Crippen LogP contribution in [0.25, 0.3) is 22.4 Å². The van der Waals surface area contributed by atoms with Gasteiger partial charge in [-0.3, -0.25) is 4.79 Å². The minimum absolute atomic E-state index is 0.156. The number of benzene rings is 3. The maximum atomic E-state index is 12.4. The van der Waals surface area contributed by atoms with Gasteiger partial charge in [0.15, 0.2) is 0 Å². The van der Waals surface area contributed by atoms with Gasteiger partial charge in [-0.15, -0.1) is 0 Å². The van der Waals surface area contributed by atoms with Gasteiger partial charge in [-0.1, -0.05) is 15.9 Å². The summed E-state index contributed by atoms with van der Waals surface area (Å²) in [5.41, 5.74) is 3.96. The number of carbonyl (C=O) groups is 1. The molecule has 27 heavy (non-hydrogen) atoms. The number of aromatic amines is 1. The highest BCUT2D eigenvalue weighted by Gasteiger charge is 2.09. The van der Waals surface area contributed by atoms with E-state index in [1.165, 1.54) is 0 Å². The van der Waals surface area contributed by atoms with E-state index in [2.05, 4.69) is 31.2 Å². The molecule has 1 heterocycles. The summed E-state index contributed by atoms with van der Waals surface area (Å²) in [7, 11) is 1.64. The van der Waals surface area contributed by atoms with Gasteiger partial charge in [-0.05, 0) is 66.7 Å². The number of H-pyrrole nitrogens is 1. The van der Waals surface area contributed by atoms with Crippen LogP contribution in [0.1, 0.15) is 10.4 Å². The fraction of sp³-hybridized carbons (Fsp3) is 0.0476. The van der Waals surface area contributed by atoms with Crippen molar-refractivity contribution in [2.45, 2.75) is 0 Å². The first-order valence-electron chi connectivity index (χ1n) is 8.33. The van der Waals surface area contributed by atoms with Crippen LogP contribution in [-0.4, -0.2) is 23.0 Å². The summed E-state index contributed by atoms with van der Waals surface area (Å²) in [6, 6.07) is 20.5. The molecule has 0 saturated carbocycles. The van der Waals surface area contributed by atoms with E-state index in [0.717, 1.165) is 32.6 Å². The second-order valence-corrected chi connectivity index (χ2v) is 6.92. The van der Waals surface area contributed by atoms with E-state index in [9.17, 15) is 4.79 Å². The molecule has 3 aromatic carbocycles. The molecule has 0 aliphatic carbocycles. The van der Waals surface area contributed by atoms with E-state index >= 15 is 0 Å². The molecule has 0 aliphatic heterocycles. The Bertz CT molecular complexity index is 1100. The number of carbonyl (C=O) groups excluding carboxylic acids is 1. The molecule has 0 radical (unpaired) electrons. The molecular formula is C21H16BrN3O2. The minimum atomic E-state index is -0.156. The Kier molecular flexibility index (Phi) is 4.64. The molecule has 0 spiro atoms. The summed E-state index contributed by atoms with van der Waals surface area (Å²) in [5, 5.41) is 2.92. The van der Waals surface area contributed by atoms with Crippen molar-refractivity contribution in [1.82, 2.24) is 9.97 Å². The van der Waals surface area contributed by atoms with Crippen molar-refractivity contribution in [1.29, 1.82) is 0 Å². The molecule has 4 aromatic rings. The number of hydrogen-bond acceptors (Lipinski definition) is 3. The fourth-order valence-electron chi connectivity index (χ4n) is 2.78. The lowest BCUT2D eigenvalue weighted by atomic mass is 10.2. The van der Waals surface area contributed by atoms with E-state index in [4.69, 9.17) is 4.74 Å². The molecule has 1 amide bonds. The lowest BCUT2D eigenvalue weighted by molar-refractivity contribution is 0.102. The number of amides is 1. The molecular weight excluding hydrogens is 406 g/mol. The third-order valence-corrected chi connectivity index (χ3v) is 4.74. The number of imidazole rings is 1. The Labute approximate surface area is 164 Å². The zero-order valence-electron chi connectivity index (χ0n) is 14.5. The first kappa shape index (κ1) is 17.3. The van der Waals surface area contributed by atoms with Gasteiger partial charge in [-0.2, -0.15) is 0 Å². The summed E-state index contributed by atoms with van der Waals surface area (Å²) < 4.78 is 6.12.